The van der Waals surface area contributed by atoms with E-state index in [1.165, 1.54) is 14.2 Å². The standard InChI is InChI=1S/C19H24N4O6/c1-26-16-10-12(18(20)22-24)4-6-14(16)28-8-3-9-29-15-7-5-13(19(21)23-25)11-17(15)27-2/h4-7,10-11,24-25H,3,8-9H2,1-2H3,(H2,20,22)(H2,21,23). The predicted octanol–water partition coefficient (Wildman–Crippen LogP) is 2.16. The molecule has 156 valence electrons. The van der Waals surface area contributed by atoms with Gasteiger partial charge in [-0.2, -0.15) is 0 Å². The van der Waals surface area contributed by atoms with Gasteiger partial charge >= 0.3 is 0 Å². The molecule has 0 saturated heterocycles. The number of amidine groups is 2. The van der Waals surface area contributed by atoms with Crippen molar-refractivity contribution < 1.29 is 29.4 Å². The zero-order valence-corrected chi connectivity index (χ0v) is 16.1. The zero-order valence-electron chi connectivity index (χ0n) is 16.1. The van der Waals surface area contributed by atoms with Gasteiger partial charge in [-0.25, -0.2) is 0 Å². The summed E-state index contributed by atoms with van der Waals surface area (Å²) < 4.78 is 21.9. The first-order chi connectivity index (χ1) is 14.0. The van der Waals surface area contributed by atoms with E-state index in [-0.39, 0.29) is 11.7 Å². The van der Waals surface area contributed by atoms with Gasteiger partial charge in [0.15, 0.2) is 23.0 Å². The highest BCUT2D eigenvalue weighted by Crippen LogP contribution is 2.29. The third kappa shape index (κ3) is 5.74. The molecule has 2 rings (SSSR count). The molecule has 0 bridgehead atoms. The number of hydrogen-bond acceptors (Lipinski definition) is 8. The molecule has 0 aromatic heterocycles. The lowest BCUT2D eigenvalue weighted by Gasteiger charge is -2.14. The van der Waals surface area contributed by atoms with E-state index in [1.54, 1.807) is 47.4 Å². The minimum atomic E-state index is -0.145. The molecule has 0 amide bonds. The first kappa shape index (κ1) is 21.8. The van der Waals surface area contributed by atoms with Crippen LogP contribution < -0.4 is 29.9 Å². The molecule has 10 heteroatoms. The summed E-state index contributed by atoms with van der Waals surface area (Å²) in [6, 6.07) is 9.75. The SMILES string of the molecule is COc1cc(C(=N)NO)ccc1OCCCOc1ccc(C(=N)NO)cc1OC. The average molecular weight is 404 g/mol. The van der Waals surface area contributed by atoms with Gasteiger partial charge in [-0.15, -0.1) is 0 Å². The van der Waals surface area contributed by atoms with Crippen molar-refractivity contribution in [3.63, 3.8) is 0 Å². The summed E-state index contributed by atoms with van der Waals surface area (Å²) in [4.78, 5) is 0. The van der Waals surface area contributed by atoms with Crippen molar-refractivity contribution in [3.8, 4) is 23.0 Å². The summed E-state index contributed by atoms with van der Waals surface area (Å²) in [6.45, 7) is 0.732. The van der Waals surface area contributed by atoms with Crippen LogP contribution in [-0.4, -0.2) is 49.5 Å². The highest BCUT2D eigenvalue weighted by atomic mass is 16.5. The molecule has 0 spiro atoms. The molecule has 29 heavy (non-hydrogen) atoms. The largest absolute Gasteiger partial charge is 0.493 e. The van der Waals surface area contributed by atoms with Crippen molar-refractivity contribution in [2.45, 2.75) is 6.42 Å². The molecular formula is C19H24N4O6. The van der Waals surface area contributed by atoms with Crippen molar-refractivity contribution in [1.29, 1.82) is 10.8 Å². The molecule has 0 atom stereocenters. The number of benzene rings is 2. The monoisotopic (exact) mass is 404 g/mol. The highest BCUT2D eigenvalue weighted by Gasteiger charge is 2.10. The topological polar surface area (TPSA) is 149 Å². The van der Waals surface area contributed by atoms with E-state index in [2.05, 4.69) is 0 Å². The van der Waals surface area contributed by atoms with E-state index in [0.717, 1.165) is 0 Å². The Morgan fingerprint density at radius 3 is 1.52 bits per heavy atom. The van der Waals surface area contributed by atoms with Crippen molar-refractivity contribution in [1.82, 2.24) is 11.0 Å². The fourth-order valence-corrected chi connectivity index (χ4v) is 2.44. The molecule has 10 nitrogen and oxygen atoms in total. The molecule has 0 saturated carbocycles. The van der Waals surface area contributed by atoms with Gasteiger partial charge in [0.05, 0.1) is 27.4 Å². The van der Waals surface area contributed by atoms with Crippen LogP contribution in [0, 0.1) is 10.8 Å². The molecule has 0 heterocycles. The zero-order chi connectivity index (χ0) is 21.2. The minimum absolute atomic E-state index is 0.145. The van der Waals surface area contributed by atoms with Crippen molar-refractivity contribution in [2.75, 3.05) is 27.4 Å². The lowest BCUT2D eigenvalue weighted by Crippen LogP contribution is -2.18. The van der Waals surface area contributed by atoms with Gasteiger partial charge in [-0.1, -0.05) is 0 Å². The second kappa shape index (κ2) is 10.7. The van der Waals surface area contributed by atoms with Crippen LogP contribution in [0.25, 0.3) is 0 Å². The summed E-state index contributed by atoms with van der Waals surface area (Å²) in [7, 11) is 2.99. The first-order valence-corrected chi connectivity index (χ1v) is 8.63. The normalized spacial score (nSPS) is 10.1. The van der Waals surface area contributed by atoms with E-state index < -0.39 is 0 Å². The summed E-state index contributed by atoms with van der Waals surface area (Å²) in [5.74, 6) is 1.63. The van der Waals surface area contributed by atoms with Crippen molar-refractivity contribution >= 4 is 11.7 Å². The number of ether oxygens (including phenoxy) is 4. The Morgan fingerprint density at radius 1 is 0.759 bits per heavy atom. The maximum absolute atomic E-state index is 8.81. The van der Waals surface area contributed by atoms with Gasteiger partial charge in [-0.05, 0) is 36.4 Å². The summed E-state index contributed by atoms with van der Waals surface area (Å²) in [5, 5.41) is 32.8. The Balaban J connectivity index is 1.88. The molecular weight excluding hydrogens is 380 g/mol. The maximum atomic E-state index is 8.81. The number of hydrogen-bond donors (Lipinski definition) is 6. The predicted molar refractivity (Wildman–Crippen MR) is 105 cm³/mol. The van der Waals surface area contributed by atoms with E-state index in [1.807, 2.05) is 0 Å². The van der Waals surface area contributed by atoms with Crippen LogP contribution >= 0.6 is 0 Å². The molecule has 2 aromatic rings. The second-order valence-corrected chi connectivity index (χ2v) is 5.76. The Bertz CT molecular complexity index is 789. The number of rotatable bonds is 10. The third-order valence-corrected chi connectivity index (χ3v) is 3.93. The molecule has 2 aromatic carbocycles. The number of nitrogens with one attached hydrogen (secondary N) is 4. The summed E-state index contributed by atoms with van der Waals surface area (Å²) >= 11 is 0. The van der Waals surface area contributed by atoms with Crippen LogP contribution in [0.1, 0.15) is 17.5 Å². The number of hydroxylamine groups is 2. The molecule has 0 aliphatic carbocycles. The first-order valence-electron chi connectivity index (χ1n) is 8.63. The fraction of sp³-hybridized carbons (Fsp3) is 0.263. The Kier molecular flexibility index (Phi) is 8.07. The second-order valence-electron chi connectivity index (χ2n) is 5.76. The lowest BCUT2D eigenvalue weighted by molar-refractivity contribution is 0.232. The lowest BCUT2D eigenvalue weighted by atomic mass is 10.2. The molecule has 0 fully saturated rings. The van der Waals surface area contributed by atoms with Gasteiger partial charge in [0.25, 0.3) is 0 Å². The molecule has 0 aliphatic heterocycles. The van der Waals surface area contributed by atoms with Gasteiger partial charge < -0.3 is 18.9 Å². The molecule has 0 unspecified atom stereocenters. The Labute approximate surface area is 167 Å². The van der Waals surface area contributed by atoms with E-state index in [9.17, 15) is 0 Å². The highest BCUT2D eigenvalue weighted by molar-refractivity contribution is 5.96. The molecule has 0 aliphatic rings. The fourth-order valence-electron chi connectivity index (χ4n) is 2.44. The maximum Gasteiger partial charge on any atom is 0.161 e. The van der Waals surface area contributed by atoms with Crippen molar-refractivity contribution in [2.24, 2.45) is 0 Å². The van der Waals surface area contributed by atoms with Crippen LogP contribution in [0.3, 0.4) is 0 Å². The van der Waals surface area contributed by atoms with Crippen molar-refractivity contribution in [3.05, 3.63) is 47.5 Å². The van der Waals surface area contributed by atoms with Gasteiger partial charge in [0.1, 0.15) is 11.7 Å². The van der Waals surface area contributed by atoms with E-state index in [0.29, 0.717) is 53.8 Å². The minimum Gasteiger partial charge on any atom is -0.493 e. The average Bonchev–Trinajstić information content (AvgIpc) is 2.77. The Hall–Kier alpha value is -3.50. The van der Waals surface area contributed by atoms with Crippen LogP contribution in [0.4, 0.5) is 0 Å². The van der Waals surface area contributed by atoms with Crippen LogP contribution in [-0.2, 0) is 0 Å². The number of methoxy groups -OCH3 is 2. The van der Waals surface area contributed by atoms with Crippen LogP contribution in [0.15, 0.2) is 36.4 Å². The van der Waals surface area contributed by atoms with Gasteiger partial charge in [0, 0.05) is 17.5 Å². The molecule has 0 radical (unpaired) electrons. The van der Waals surface area contributed by atoms with E-state index in [4.69, 9.17) is 40.2 Å². The quantitative estimate of drug-likeness (QED) is 0.153. The van der Waals surface area contributed by atoms with Crippen LogP contribution in [0.5, 0.6) is 23.0 Å². The van der Waals surface area contributed by atoms with Gasteiger partial charge in [0.2, 0.25) is 0 Å². The molecule has 6 N–H and O–H groups in total. The van der Waals surface area contributed by atoms with Gasteiger partial charge in [-0.3, -0.25) is 32.2 Å². The third-order valence-electron chi connectivity index (χ3n) is 3.93. The Morgan fingerprint density at radius 2 is 1.17 bits per heavy atom. The van der Waals surface area contributed by atoms with Crippen LogP contribution in [0.2, 0.25) is 0 Å². The smallest absolute Gasteiger partial charge is 0.161 e. The summed E-state index contributed by atoms with van der Waals surface area (Å²) in [5.41, 5.74) is 4.48. The van der Waals surface area contributed by atoms with E-state index >= 15 is 0 Å². The summed E-state index contributed by atoms with van der Waals surface area (Å²) in [6.07, 6.45) is 0.581.